The van der Waals surface area contributed by atoms with Crippen molar-refractivity contribution in [2.24, 2.45) is 5.41 Å². The number of nitrogens with one attached hydrogen (secondary N) is 1. The fraction of sp³-hybridized carbons (Fsp3) is 0.533. The number of hydrogen-bond acceptors (Lipinski definition) is 2. The lowest BCUT2D eigenvalue weighted by molar-refractivity contribution is -0.141. The molecule has 1 aromatic carbocycles. The van der Waals surface area contributed by atoms with Gasteiger partial charge in [-0.25, -0.2) is 8.78 Å². The summed E-state index contributed by atoms with van der Waals surface area (Å²) >= 11 is 0. The van der Waals surface area contributed by atoms with Crippen LogP contribution < -0.4 is 5.32 Å². The molecule has 20 heavy (non-hydrogen) atoms. The molecule has 1 aromatic rings. The maximum atomic E-state index is 13.1. The molecule has 1 unspecified atom stereocenters. The molecule has 1 amide bonds. The summed E-state index contributed by atoms with van der Waals surface area (Å²) < 4.78 is 31.8. The number of benzene rings is 1. The van der Waals surface area contributed by atoms with Crippen molar-refractivity contribution in [2.75, 3.05) is 6.54 Å². The van der Waals surface area contributed by atoms with Gasteiger partial charge in [0.1, 0.15) is 17.7 Å². The minimum absolute atomic E-state index is 0.0201. The zero-order valence-electron chi connectivity index (χ0n) is 12.3. The topological polar surface area (TPSA) is 38.3 Å². The highest BCUT2D eigenvalue weighted by Gasteiger charge is 2.31. The number of halogens is 2. The van der Waals surface area contributed by atoms with Gasteiger partial charge in [-0.15, -0.1) is 0 Å². The molecule has 0 aromatic heterocycles. The second-order valence-electron chi connectivity index (χ2n) is 5.73. The van der Waals surface area contributed by atoms with Gasteiger partial charge in [-0.2, -0.15) is 0 Å². The van der Waals surface area contributed by atoms with E-state index in [0.29, 0.717) is 12.1 Å². The van der Waals surface area contributed by atoms with E-state index < -0.39 is 23.2 Å². The van der Waals surface area contributed by atoms with Crippen LogP contribution >= 0.6 is 0 Å². The quantitative estimate of drug-likeness (QED) is 0.903. The number of likely N-dealkylation sites (N-methyl/N-ethyl adjacent to an activating group) is 1. The molecule has 0 heterocycles. The number of carbonyl (C=O) groups excluding carboxylic acids is 1. The van der Waals surface area contributed by atoms with Crippen LogP contribution in [-0.2, 0) is 16.1 Å². The molecule has 1 N–H and O–H groups in total. The summed E-state index contributed by atoms with van der Waals surface area (Å²) in [6.07, 6.45) is -0.686. The van der Waals surface area contributed by atoms with Gasteiger partial charge in [0.2, 0.25) is 5.91 Å². The smallest absolute Gasteiger partial charge is 0.249 e. The molecule has 0 saturated carbocycles. The average Bonchev–Trinajstić information content (AvgIpc) is 2.26. The zero-order valence-corrected chi connectivity index (χ0v) is 12.3. The molecule has 0 radical (unpaired) electrons. The summed E-state index contributed by atoms with van der Waals surface area (Å²) in [6, 6.07) is 3.19. The maximum Gasteiger partial charge on any atom is 0.249 e. The summed E-state index contributed by atoms with van der Waals surface area (Å²) in [6.45, 7) is 7.92. The predicted molar refractivity (Wildman–Crippen MR) is 73.1 cm³/mol. The lowest BCUT2D eigenvalue weighted by atomic mass is 9.88. The molecule has 0 aliphatic carbocycles. The van der Waals surface area contributed by atoms with E-state index in [1.54, 1.807) is 0 Å². The van der Waals surface area contributed by atoms with E-state index in [0.717, 1.165) is 6.07 Å². The van der Waals surface area contributed by atoms with E-state index in [4.69, 9.17) is 4.74 Å². The van der Waals surface area contributed by atoms with Crippen LogP contribution in [0.25, 0.3) is 0 Å². The number of rotatable bonds is 5. The molecule has 1 atom stereocenters. The Balaban J connectivity index is 2.78. The summed E-state index contributed by atoms with van der Waals surface area (Å²) in [7, 11) is 0. The molecule has 0 spiro atoms. The second kappa shape index (κ2) is 6.79. The van der Waals surface area contributed by atoms with Crippen LogP contribution in [0.4, 0.5) is 8.78 Å². The average molecular weight is 285 g/mol. The van der Waals surface area contributed by atoms with Gasteiger partial charge in [-0.3, -0.25) is 4.79 Å². The van der Waals surface area contributed by atoms with Gasteiger partial charge < -0.3 is 10.1 Å². The van der Waals surface area contributed by atoms with E-state index >= 15 is 0 Å². The molecule has 0 bridgehead atoms. The molecule has 0 aliphatic rings. The maximum absolute atomic E-state index is 13.1. The first kappa shape index (κ1) is 16.6. The van der Waals surface area contributed by atoms with Crippen LogP contribution in [0.5, 0.6) is 0 Å². The highest BCUT2D eigenvalue weighted by Crippen LogP contribution is 2.24. The summed E-state index contributed by atoms with van der Waals surface area (Å²) in [5, 5.41) is 2.70. The minimum atomic E-state index is -0.686. The van der Waals surface area contributed by atoms with Gasteiger partial charge in [0.25, 0.3) is 0 Å². The van der Waals surface area contributed by atoms with Crippen molar-refractivity contribution in [1.29, 1.82) is 0 Å². The van der Waals surface area contributed by atoms with Gasteiger partial charge in [-0.1, -0.05) is 20.8 Å². The fourth-order valence-corrected chi connectivity index (χ4v) is 1.86. The minimum Gasteiger partial charge on any atom is -0.363 e. The van der Waals surface area contributed by atoms with Crippen LogP contribution in [0.1, 0.15) is 33.3 Å². The van der Waals surface area contributed by atoms with Crippen molar-refractivity contribution in [1.82, 2.24) is 5.32 Å². The Labute approximate surface area is 118 Å². The second-order valence-corrected chi connectivity index (χ2v) is 5.73. The Morgan fingerprint density at radius 2 is 1.80 bits per heavy atom. The van der Waals surface area contributed by atoms with E-state index in [9.17, 15) is 13.6 Å². The normalized spacial score (nSPS) is 13.1. The first-order valence-corrected chi connectivity index (χ1v) is 6.58. The van der Waals surface area contributed by atoms with Gasteiger partial charge in [0.05, 0.1) is 6.61 Å². The highest BCUT2D eigenvalue weighted by atomic mass is 19.1. The molecule has 5 heteroatoms. The highest BCUT2D eigenvalue weighted by molar-refractivity contribution is 5.81. The van der Waals surface area contributed by atoms with Gasteiger partial charge in [0.15, 0.2) is 0 Å². The largest absolute Gasteiger partial charge is 0.363 e. The van der Waals surface area contributed by atoms with Gasteiger partial charge in [0, 0.05) is 12.6 Å². The van der Waals surface area contributed by atoms with E-state index in [2.05, 4.69) is 5.32 Å². The number of amides is 1. The number of carbonyl (C=O) groups is 1. The van der Waals surface area contributed by atoms with Crippen LogP contribution in [0.15, 0.2) is 18.2 Å². The van der Waals surface area contributed by atoms with Crippen molar-refractivity contribution in [3.05, 3.63) is 35.4 Å². The van der Waals surface area contributed by atoms with Crippen molar-refractivity contribution in [3.8, 4) is 0 Å². The monoisotopic (exact) mass is 285 g/mol. The van der Waals surface area contributed by atoms with Crippen molar-refractivity contribution < 1.29 is 18.3 Å². The Kier molecular flexibility index (Phi) is 5.62. The molecule has 0 fully saturated rings. The Morgan fingerprint density at radius 1 is 1.25 bits per heavy atom. The molecule has 0 saturated heterocycles. The van der Waals surface area contributed by atoms with Gasteiger partial charge >= 0.3 is 0 Å². The fourth-order valence-electron chi connectivity index (χ4n) is 1.86. The number of ether oxygens (including phenoxy) is 1. The van der Waals surface area contributed by atoms with Crippen LogP contribution in [0.3, 0.4) is 0 Å². The lowest BCUT2D eigenvalue weighted by Crippen LogP contribution is -2.44. The first-order valence-electron chi connectivity index (χ1n) is 6.58. The van der Waals surface area contributed by atoms with Crippen molar-refractivity contribution in [3.63, 3.8) is 0 Å². The third-order valence-electron chi connectivity index (χ3n) is 2.71. The Bertz CT molecular complexity index is 449. The SMILES string of the molecule is CCNC(=O)C(OCc1cc(F)cc(F)c1)C(C)(C)C. The predicted octanol–water partition coefficient (Wildman–Crippen LogP) is 3.03. The molecular weight excluding hydrogens is 264 g/mol. The lowest BCUT2D eigenvalue weighted by Gasteiger charge is -2.29. The zero-order chi connectivity index (χ0) is 15.3. The molecule has 112 valence electrons. The van der Waals surface area contributed by atoms with E-state index in [1.807, 2.05) is 27.7 Å². The first-order chi connectivity index (χ1) is 9.24. The van der Waals surface area contributed by atoms with Crippen LogP contribution in [0, 0.1) is 17.0 Å². The molecular formula is C15H21F2NO2. The Hall–Kier alpha value is -1.49. The molecule has 1 rings (SSSR count). The summed E-state index contributed by atoms with van der Waals surface area (Å²) in [4.78, 5) is 12.0. The number of hydrogen-bond donors (Lipinski definition) is 1. The van der Waals surface area contributed by atoms with Crippen molar-refractivity contribution >= 4 is 5.91 Å². The van der Waals surface area contributed by atoms with Crippen molar-refractivity contribution in [2.45, 2.75) is 40.4 Å². The standard InChI is InChI=1S/C15H21F2NO2/c1-5-18-14(19)13(15(2,3)4)20-9-10-6-11(16)8-12(17)7-10/h6-8,13H,5,9H2,1-4H3,(H,18,19). The van der Waals surface area contributed by atoms with E-state index in [-0.39, 0.29) is 12.5 Å². The van der Waals surface area contributed by atoms with E-state index in [1.165, 1.54) is 12.1 Å². The molecule has 3 nitrogen and oxygen atoms in total. The third-order valence-corrected chi connectivity index (χ3v) is 2.71. The van der Waals surface area contributed by atoms with Crippen LogP contribution in [-0.4, -0.2) is 18.6 Å². The molecule has 0 aliphatic heterocycles. The Morgan fingerprint density at radius 3 is 2.25 bits per heavy atom. The van der Waals surface area contributed by atoms with Gasteiger partial charge in [-0.05, 0) is 30.0 Å². The third kappa shape index (κ3) is 4.89. The summed E-state index contributed by atoms with van der Waals surface area (Å²) in [5.74, 6) is -1.54. The van der Waals surface area contributed by atoms with Crippen LogP contribution in [0.2, 0.25) is 0 Å². The summed E-state index contributed by atoms with van der Waals surface area (Å²) in [5.41, 5.74) is -0.0495.